The highest BCUT2D eigenvalue weighted by molar-refractivity contribution is 6.01. The average Bonchev–Trinajstić information content (AvgIpc) is 3.00. The van der Waals surface area contributed by atoms with E-state index in [2.05, 4.69) is 35.8 Å². The van der Waals surface area contributed by atoms with Crippen molar-refractivity contribution in [3.63, 3.8) is 0 Å². The Morgan fingerprint density at radius 2 is 1.45 bits per heavy atom. The molecule has 1 heterocycles. The van der Waals surface area contributed by atoms with Crippen molar-refractivity contribution in [2.75, 3.05) is 19.6 Å². The van der Waals surface area contributed by atoms with Crippen molar-refractivity contribution in [2.45, 2.75) is 47.0 Å². The number of pyridine rings is 1. The van der Waals surface area contributed by atoms with Crippen molar-refractivity contribution in [3.05, 3.63) is 124 Å². The molecule has 0 bridgehead atoms. The van der Waals surface area contributed by atoms with E-state index >= 15 is 0 Å². The summed E-state index contributed by atoms with van der Waals surface area (Å²) >= 11 is 0. The van der Waals surface area contributed by atoms with E-state index in [1.807, 2.05) is 44.2 Å². The van der Waals surface area contributed by atoms with Crippen LogP contribution in [0.25, 0.3) is 11.1 Å². The Balaban J connectivity index is 0.000000616. The van der Waals surface area contributed by atoms with Gasteiger partial charge < -0.3 is 15.2 Å². The first-order valence-corrected chi connectivity index (χ1v) is 14.3. The maximum Gasteiger partial charge on any atom is 0.335 e. The molecule has 6 nitrogen and oxygen atoms in total. The number of aryl methyl sites for hydroxylation is 2. The fraction of sp³-hybridized carbons (Fsp3) is 0.286. The molecule has 0 saturated carbocycles. The minimum Gasteiger partial charge on any atom is -0.478 e. The normalized spacial score (nSPS) is 12.0. The van der Waals surface area contributed by atoms with Gasteiger partial charge in [0.1, 0.15) is 5.82 Å². The van der Waals surface area contributed by atoms with Crippen LogP contribution in [-0.4, -0.2) is 51.5 Å². The number of nitrogens with zero attached hydrogens (tertiary/aromatic N) is 3. The lowest BCUT2D eigenvalue weighted by Crippen LogP contribution is -2.21. The maximum absolute atomic E-state index is 13.9. The number of hydrogen-bond acceptors (Lipinski definition) is 5. The van der Waals surface area contributed by atoms with Gasteiger partial charge in [-0.3, -0.25) is 4.98 Å². The van der Waals surface area contributed by atoms with E-state index in [-0.39, 0.29) is 17.3 Å². The van der Waals surface area contributed by atoms with E-state index in [1.54, 1.807) is 42.6 Å². The summed E-state index contributed by atoms with van der Waals surface area (Å²) in [5, 5.41) is 22.6. The zero-order chi connectivity index (χ0) is 30.6. The summed E-state index contributed by atoms with van der Waals surface area (Å²) in [4.78, 5) is 17.7. The molecule has 0 spiro atoms. The lowest BCUT2D eigenvalue weighted by atomic mass is 9.83. The smallest absolute Gasteiger partial charge is 0.335 e. The van der Waals surface area contributed by atoms with Gasteiger partial charge in [-0.25, -0.2) is 9.18 Å². The standard InChI is InChI=1S/C29H25FN2O3.C6H15N/c1-18-15-25(30)11-12-26(18)27(17-28(32-35)24-13-14-31-19(2)16-24)22-7-3-20(4-8-22)21-5-9-23(10-6-21)29(33)34;1-4-7(5-2)6-3/h3-16,27,35H,17H2,1-2H3,(H,33,34);4-6H2,1-3H3/b32-28+;. The van der Waals surface area contributed by atoms with Crippen LogP contribution in [0.4, 0.5) is 4.39 Å². The maximum atomic E-state index is 13.9. The van der Waals surface area contributed by atoms with Gasteiger partial charge in [0.2, 0.25) is 0 Å². The molecule has 0 saturated heterocycles. The average molecular weight is 570 g/mol. The molecule has 1 atom stereocenters. The highest BCUT2D eigenvalue weighted by Crippen LogP contribution is 2.34. The molecule has 0 amide bonds. The Labute approximate surface area is 248 Å². The highest BCUT2D eigenvalue weighted by Gasteiger charge is 2.21. The summed E-state index contributed by atoms with van der Waals surface area (Å²) in [5.41, 5.74) is 6.93. The van der Waals surface area contributed by atoms with Crippen molar-refractivity contribution < 1.29 is 19.5 Å². The number of halogens is 1. The lowest BCUT2D eigenvalue weighted by Gasteiger charge is -2.21. The second-order valence-electron chi connectivity index (χ2n) is 10.1. The fourth-order valence-corrected chi connectivity index (χ4v) is 4.96. The molecule has 42 heavy (non-hydrogen) atoms. The van der Waals surface area contributed by atoms with Crippen molar-refractivity contribution >= 4 is 11.7 Å². The molecule has 0 fully saturated rings. The van der Waals surface area contributed by atoms with Crippen LogP contribution >= 0.6 is 0 Å². The number of benzene rings is 3. The third-order valence-electron chi connectivity index (χ3n) is 7.48. The van der Waals surface area contributed by atoms with Gasteiger partial charge in [-0.15, -0.1) is 0 Å². The Morgan fingerprint density at radius 3 is 1.93 bits per heavy atom. The molecule has 0 radical (unpaired) electrons. The molecular weight excluding hydrogens is 529 g/mol. The van der Waals surface area contributed by atoms with Crippen molar-refractivity contribution in [2.24, 2.45) is 5.16 Å². The summed E-state index contributed by atoms with van der Waals surface area (Å²) in [6, 6.07) is 23.1. The predicted octanol–water partition coefficient (Wildman–Crippen LogP) is 7.95. The molecule has 0 aliphatic rings. The van der Waals surface area contributed by atoms with Crippen LogP contribution in [0.2, 0.25) is 0 Å². The van der Waals surface area contributed by atoms with Crippen molar-refractivity contribution in [1.29, 1.82) is 0 Å². The number of carbonyl (C=O) groups is 1. The van der Waals surface area contributed by atoms with Crippen LogP contribution in [0.5, 0.6) is 0 Å². The van der Waals surface area contributed by atoms with E-state index in [1.165, 1.54) is 31.8 Å². The largest absolute Gasteiger partial charge is 0.478 e. The number of aromatic nitrogens is 1. The summed E-state index contributed by atoms with van der Waals surface area (Å²) < 4.78 is 13.9. The topological polar surface area (TPSA) is 86.0 Å². The molecular formula is C35H40FN3O3. The number of carboxylic acids is 1. The van der Waals surface area contributed by atoms with Crippen LogP contribution in [-0.2, 0) is 0 Å². The number of aromatic carboxylic acids is 1. The summed E-state index contributed by atoms with van der Waals surface area (Å²) in [7, 11) is 0. The van der Waals surface area contributed by atoms with Crippen molar-refractivity contribution in [3.8, 4) is 11.1 Å². The van der Waals surface area contributed by atoms with Gasteiger partial charge in [0, 0.05) is 29.8 Å². The second-order valence-corrected chi connectivity index (χ2v) is 10.1. The van der Waals surface area contributed by atoms with Crippen LogP contribution in [0.15, 0.2) is 90.2 Å². The summed E-state index contributed by atoms with van der Waals surface area (Å²) in [6.45, 7) is 13.9. The molecule has 1 aromatic heterocycles. The first-order valence-electron chi connectivity index (χ1n) is 14.3. The Hall–Kier alpha value is -4.36. The van der Waals surface area contributed by atoms with E-state index in [4.69, 9.17) is 5.11 Å². The molecule has 4 rings (SSSR count). The molecule has 220 valence electrons. The molecule has 3 aromatic carbocycles. The highest BCUT2D eigenvalue weighted by atomic mass is 19.1. The van der Waals surface area contributed by atoms with E-state index in [0.29, 0.717) is 12.1 Å². The zero-order valence-corrected chi connectivity index (χ0v) is 25.0. The summed E-state index contributed by atoms with van der Waals surface area (Å²) in [6.07, 6.45) is 2.08. The first-order chi connectivity index (χ1) is 20.2. The van der Waals surface area contributed by atoms with Crippen molar-refractivity contribution in [1.82, 2.24) is 9.88 Å². The fourth-order valence-electron chi connectivity index (χ4n) is 4.96. The minimum absolute atomic E-state index is 0.182. The van der Waals surface area contributed by atoms with Gasteiger partial charge in [0.05, 0.1) is 11.3 Å². The van der Waals surface area contributed by atoms with Gasteiger partial charge in [-0.05, 0) is 97.7 Å². The van der Waals surface area contributed by atoms with Gasteiger partial charge in [-0.1, -0.05) is 68.4 Å². The van der Waals surface area contributed by atoms with Gasteiger partial charge in [0.25, 0.3) is 0 Å². The second kappa shape index (κ2) is 15.6. The number of carboxylic acid groups (broad SMARTS) is 1. The predicted molar refractivity (Wildman–Crippen MR) is 167 cm³/mol. The third kappa shape index (κ3) is 8.57. The number of hydrogen-bond donors (Lipinski definition) is 2. The van der Waals surface area contributed by atoms with Gasteiger partial charge in [0.15, 0.2) is 0 Å². The zero-order valence-electron chi connectivity index (χ0n) is 25.0. The Bertz CT molecular complexity index is 1480. The van der Waals surface area contributed by atoms with Gasteiger partial charge in [-0.2, -0.15) is 0 Å². The van der Waals surface area contributed by atoms with E-state index in [0.717, 1.165) is 39.1 Å². The van der Waals surface area contributed by atoms with E-state index < -0.39 is 5.97 Å². The Morgan fingerprint density at radius 1 is 0.857 bits per heavy atom. The first kappa shape index (κ1) is 32.2. The molecule has 7 heteroatoms. The summed E-state index contributed by atoms with van der Waals surface area (Å²) in [5.74, 6) is -1.44. The quantitative estimate of drug-likeness (QED) is 0.115. The van der Waals surface area contributed by atoms with Crippen LogP contribution in [0.3, 0.4) is 0 Å². The third-order valence-corrected chi connectivity index (χ3v) is 7.48. The molecule has 4 aromatic rings. The van der Waals surface area contributed by atoms with Crippen LogP contribution in [0.1, 0.15) is 71.4 Å². The number of oxime groups is 1. The molecule has 2 N–H and O–H groups in total. The molecule has 0 aliphatic heterocycles. The monoisotopic (exact) mass is 569 g/mol. The number of rotatable bonds is 10. The van der Waals surface area contributed by atoms with Crippen LogP contribution in [0, 0.1) is 19.7 Å². The Kier molecular flexibility index (Phi) is 11.9. The molecule has 0 aliphatic carbocycles. The van der Waals surface area contributed by atoms with E-state index in [9.17, 15) is 14.4 Å². The lowest BCUT2D eigenvalue weighted by molar-refractivity contribution is 0.0697. The van der Waals surface area contributed by atoms with Crippen LogP contribution < -0.4 is 0 Å². The minimum atomic E-state index is -0.963. The molecule has 1 unspecified atom stereocenters. The van der Waals surface area contributed by atoms with Gasteiger partial charge >= 0.3 is 5.97 Å². The SMILES string of the molecule is CCN(CC)CC.Cc1cc(/C(CC(c2ccc(-c3ccc(C(=O)O)cc3)cc2)c2ccc(F)cc2C)=N/O)ccn1.